The third-order valence-corrected chi connectivity index (χ3v) is 3.88. The molecule has 0 saturated heterocycles. The Morgan fingerprint density at radius 2 is 1.78 bits per heavy atom. The van der Waals surface area contributed by atoms with Crippen molar-refractivity contribution in [2.45, 2.75) is 24.7 Å². The Bertz CT molecular complexity index is 793. The standard InChI is InChI=1S/C19H18F3NO4/c1-27-16(13-7-3-2-4-8-13)17(24)23-15(18(25)26)11-12-6-5-9-14(10-12)19(20,21)22/h2-10,15-16H,11H2,1H3,(H,23,24)(H,25,26)/t15-,16+/m1/s1. The summed E-state index contributed by atoms with van der Waals surface area (Å²) in [5, 5.41) is 11.7. The second-order valence-corrected chi connectivity index (χ2v) is 5.83. The lowest BCUT2D eigenvalue weighted by Crippen LogP contribution is -2.44. The normalized spacial score (nSPS) is 13.6. The molecular weight excluding hydrogens is 363 g/mol. The lowest BCUT2D eigenvalue weighted by molar-refractivity contribution is -0.144. The summed E-state index contributed by atoms with van der Waals surface area (Å²) in [7, 11) is 1.31. The third-order valence-electron chi connectivity index (χ3n) is 3.88. The van der Waals surface area contributed by atoms with Crippen molar-refractivity contribution in [2.24, 2.45) is 0 Å². The van der Waals surface area contributed by atoms with E-state index >= 15 is 0 Å². The van der Waals surface area contributed by atoms with Gasteiger partial charge in [0.2, 0.25) is 0 Å². The van der Waals surface area contributed by atoms with E-state index in [1.807, 2.05) is 0 Å². The summed E-state index contributed by atoms with van der Waals surface area (Å²) < 4.78 is 43.6. The van der Waals surface area contributed by atoms with E-state index < -0.39 is 35.8 Å². The van der Waals surface area contributed by atoms with Crippen LogP contribution in [0.4, 0.5) is 13.2 Å². The Balaban J connectivity index is 2.16. The van der Waals surface area contributed by atoms with Crippen LogP contribution in [0.2, 0.25) is 0 Å². The summed E-state index contributed by atoms with van der Waals surface area (Å²) in [6, 6.07) is 11.4. The molecule has 0 aromatic heterocycles. The second-order valence-electron chi connectivity index (χ2n) is 5.83. The minimum Gasteiger partial charge on any atom is -0.480 e. The summed E-state index contributed by atoms with van der Waals surface area (Å²) in [6.45, 7) is 0. The summed E-state index contributed by atoms with van der Waals surface area (Å²) in [4.78, 5) is 23.9. The fraction of sp³-hybridized carbons (Fsp3) is 0.263. The average molecular weight is 381 g/mol. The molecule has 1 amide bonds. The van der Waals surface area contributed by atoms with Crippen molar-refractivity contribution in [3.05, 3.63) is 71.3 Å². The highest BCUT2D eigenvalue weighted by Crippen LogP contribution is 2.29. The number of rotatable bonds is 7. The van der Waals surface area contributed by atoms with Gasteiger partial charge in [0.05, 0.1) is 5.56 Å². The van der Waals surface area contributed by atoms with Crippen molar-refractivity contribution < 1.29 is 32.6 Å². The van der Waals surface area contributed by atoms with Gasteiger partial charge in [0, 0.05) is 13.5 Å². The number of hydrogen-bond acceptors (Lipinski definition) is 3. The molecule has 2 aromatic rings. The predicted molar refractivity (Wildman–Crippen MR) is 90.9 cm³/mol. The SMILES string of the molecule is CO[C@H](C(=O)N[C@H](Cc1cccc(C(F)(F)F)c1)C(=O)O)c1ccccc1. The van der Waals surface area contributed by atoms with Gasteiger partial charge in [-0.2, -0.15) is 13.2 Å². The van der Waals surface area contributed by atoms with Gasteiger partial charge in [-0.15, -0.1) is 0 Å². The Morgan fingerprint density at radius 1 is 1.11 bits per heavy atom. The number of carbonyl (C=O) groups excluding carboxylic acids is 1. The van der Waals surface area contributed by atoms with Crippen molar-refractivity contribution in [3.8, 4) is 0 Å². The fourth-order valence-electron chi connectivity index (χ4n) is 2.58. The molecule has 27 heavy (non-hydrogen) atoms. The van der Waals surface area contributed by atoms with E-state index in [1.165, 1.54) is 19.2 Å². The molecule has 2 aromatic carbocycles. The van der Waals surface area contributed by atoms with Crippen LogP contribution in [0.1, 0.15) is 22.8 Å². The quantitative estimate of drug-likeness (QED) is 0.772. The van der Waals surface area contributed by atoms with Gasteiger partial charge in [0.1, 0.15) is 6.04 Å². The minimum absolute atomic E-state index is 0.145. The number of carboxylic acids is 1. The zero-order valence-corrected chi connectivity index (χ0v) is 14.4. The van der Waals surface area contributed by atoms with Gasteiger partial charge in [0.15, 0.2) is 6.10 Å². The number of methoxy groups -OCH3 is 1. The number of halogens is 3. The van der Waals surface area contributed by atoms with E-state index in [4.69, 9.17) is 4.74 Å². The molecule has 144 valence electrons. The van der Waals surface area contributed by atoms with E-state index in [9.17, 15) is 27.9 Å². The van der Waals surface area contributed by atoms with Gasteiger partial charge < -0.3 is 15.2 Å². The molecule has 0 spiro atoms. The van der Waals surface area contributed by atoms with E-state index in [2.05, 4.69) is 5.32 Å². The molecule has 0 heterocycles. The Kier molecular flexibility index (Phi) is 6.57. The first-order valence-corrected chi connectivity index (χ1v) is 7.99. The number of hydrogen-bond donors (Lipinski definition) is 2. The number of amides is 1. The Labute approximate surface area is 153 Å². The molecule has 0 aliphatic carbocycles. The fourth-order valence-corrected chi connectivity index (χ4v) is 2.58. The molecule has 2 atom stereocenters. The maximum absolute atomic E-state index is 12.8. The highest BCUT2D eigenvalue weighted by atomic mass is 19.4. The molecule has 0 aliphatic rings. The van der Waals surface area contributed by atoms with Gasteiger partial charge in [-0.1, -0.05) is 48.5 Å². The van der Waals surface area contributed by atoms with Gasteiger partial charge in [-0.3, -0.25) is 4.79 Å². The first-order chi connectivity index (χ1) is 12.7. The topological polar surface area (TPSA) is 75.6 Å². The molecule has 2 N–H and O–H groups in total. The molecule has 5 nitrogen and oxygen atoms in total. The Hall–Kier alpha value is -2.87. The predicted octanol–water partition coefficient (Wildman–Crippen LogP) is 3.21. The molecular formula is C19H18F3NO4. The van der Waals surface area contributed by atoms with Crippen molar-refractivity contribution in [1.82, 2.24) is 5.32 Å². The highest BCUT2D eigenvalue weighted by molar-refractivity contribution is 5.87. The molecule has 0 aliphatic heterocycles. The first-order valence-electron chi connectivity index (χ1n) is 7.99. The third kappa shape index (κ3) is 5.55. The molecule has 2 rings (SSSR count). The van der Waals surface area contributed by atoms with Gasteiger partial charge >= 0.3 is 12.1 Å². The number of carbonyl (C=O) groups is 2. The van der Waals surface area contributed by atoms with Crippen LogP contribution in [0, 0.1) is 0 Å². The second kappa shape index (κ2) is 8.68. The maximum atomic E-state index is 12.8. The van der Waals surface area contributed by atoms with Crippen molar-refractivity contribution >= 4 is 11.9 Å². The van der Waals surface area contributed by atoms with Crippen molar-refractivity contribution in [1.29, 1.82) is 0 Å². The van der Waals surface area contributed by atoms with Crippen LogP contribution in [0.25, 0.3) is 0 Å². The van der Waals surface area contributed by atoms with Gasteiger partial charge in [-0.05, 0) is 17.2 Å². The summed E-state index contributed by atoms with van der Waals surface area (Å²) in [5.74, 6) is -2.05. The van der Waals surface area contributed by atoms with Crippen LogP contribution < -0.4 is 5.32 Å². The van der Waals surface area contributed by atoms with Crippen LogP contribution in [-0.4, -0.2) is 30.1 Å². The molecule has 0 fully saturated rings. The summed E-state index contributed by atoms with van der Waals surface area (Å²) >= 11 is 0. The number of alkyl halides is 3. The van der Waals surface area contributed by atoms with Crippen LogP contribution in [0.15, 0.2) is 54.6 Å². The van der Waals surface area contributed by atoms with Crippen LogP contribution in [0.5, 0.6) is 0 Å². The largest absolute Gasteiger partial charge is 0.480 e. The average Bonchev–Trinajstić information content (AvgIpc) is 2.62. The zero-order chi connectivity index (χ0) is 20.0. The van der Waals surface area contributed by atoms with Crippen molar-refractivity contribution in [3.63, 3.8) is 0 Å². The van der Waals surface area contributed by atoms with Crippen molar-refractivity contribution in [2.75, 3.05) is 7.11 Å². The number of aliphatic carboxylic acids is 1. The minimum atomic E-state index is -4.54. The van der Waals surface area contributed by atoms with Gasteiger partial charge in [0.25, 0.3) is 5.91 Å². The van der Waals surface area contributed by atoms with Crippen LogP contribution in [0.3, 0.4) is 0 Å². The summed E-state index contributed by atoms with van der Waals surface area (Å²) in [5.41, 5.74) is -0.207. The molecule has 0 unspecified atom stereocenters. The molecule has 0 radical (unpaired) electrons. The Morgan fingerprint density at radius 3 is 2.33 bits per heavy atom. The lowest BCUT2D eigenvalue weighted by Gasteiger charge is -2.20. The molecule has 0 saturated carbocycles. The van der Waals surface area contributed by atoms with E-state index in [0.717, 1.165) is 12.1 Å². The number of ether oxygens (including phenoxy) is 1. The van der Waals surface area contributed by atoms with E-state index in [-0.39, 0.29) is 12.0 Å². The monoisotopic (exact) mass is 381 g/mol. The first kappa shape index (κ1) is 20.4. The number of benzene rings is 2. The number of carboxylic acid groups (broad SMARTS) is 1. The van der Waals surface area contributed by atoms with E-state index in [1.54, 1.807) is 30.3 Å². The van der Waals surface area contributed by atoms with E-state index in [0.29, 0.717) is 5.56 Å². The molecule has 8 heteroatoms. The van der Waals surface area contributed by atoms with Gasteiger partial charge in [-0.25, -0.2) is 4.79 Å². The summed E-state index contributed by atoms with van der Waals surface area (Å²) in [6.07, 6.45) is -5.86. The molecule has 0 bridgehead atoms. The smallest absolute Gasteiger partial charge is 0.416 e. The zero-order valence-electron chi connectivity index (χ0n) is 14.4. The number of nitrogens with one attached hydrogen (secondary N) is 1. The van der Waals surface area contributed by atoms with Crippen LogP contribution >= 0.6 is 0 Å². The highest BCUT2D eigenvalue weighted by Gasteiger charge is 2.31. The van der Waals surface area contributed by atoms with Crippen LogP contribution in [-0.2, 0) is 26.9 Å². The lowest BCUT2D eigenvalue weighted by atomic mass is 10.0. The maximum Gasteiger partial charge on any atom is 0.416 e.